The van der Waals surface area contributed by atoms with Crippen molar-refractivity contribution in [1.82, 2.24) is 24.6 Å². The molecule has 3 heterocycles. The van der Waals surface area contributed by atoms with Crippen molar-refractivity contribution in [2.24, 2.45) is 11.8 Å². The van der Waals surface area contributed by atoms with E-state index < -0.39 is 10.0 Å². The molecule has 31 heavy (non-hydrogen) atoms. The average molecular weight is 456 g/mol. The van der Waals surface area contributed by atoms with Crippen molar-refractivity contribution >= 4 is 15.9 Å². The summed E-state index contributed by atoms with van der Waals surface area (Å²) >= 11 is 0. The molecular formula is C21H37N5O4S. The molecule has 1 N–H and O–H groups in total. The third-order valence-corrected chi connectivity index (χ3v) is 8.88. The molecule has 0 bridgehead atoms. The zero-order valence-electron chi connectivity index (χ0n) is 19.3. The first-order valence-corrected chi connectivity index (χ1v) is 12.8. The highest BCUT2D eigenvalue weighted by Crippen LogP contribution is 2.30. The van der Waals surface area contributed by atoms with Gasteiger partial charge in [0.1, 0.15) is 10.6 Å². The van der Waals surface area contributed by atoms with Gasteiger partial charge in [0, 0.05) is 51.7 Å². The standard InChI is InChI=1S/C21H37N5O4S/c1-16(21(27)22-8-5-9-25-14-12-24(4)13-15-25)19-6-10-26(11-7-19)31(28,29)20-17(2)23-30-18(20)3/h16,19H,5-15H2,1-4H3,(H,22,27)/t16-/m0/s1. The van der Waals surface area contributed by atoms with E-state index in [0.717, 1.165) is 39.1 Å². The summed E-state index contributed by atoms with van der Waals surface area (Å²) in [6, 6.07) is 0. The van der Waals surface area contributed by atoms with Crippen LogP contribution in [0.1, 0.15) is 37.6 Å². The van der Waals surface area contributed by atoms with Gasteiger partial charge in [0.2, 0.25) is 15.9 Å². The molecule has 0 unspecified atom stereocenters. The molecule has 176 valence electrons. The lowest BCUT2D eigenvalue weighted by Gasteiger charge is -2.34. The minimum absolute atomic E-state index is 0.0745. The van der Waals surface area contributed by atoms with Crippen LogP contribution >= 0.6 is 0 Å². The molecule has 3 rings (SSSR count). The fraction of sp³-hybridized carbons (Fsp3) is 0.810. The van der Waals surface area contributed by atoms with Crippen molar-refractivity contribution < 1.29 is 17.7 Å². The van der Waals surface area contributed by atoms with Gasteiger partial charge in [-0.2, -0.15) is 4.31 Å². The van der Waals surface area contributed by atoms with Gasteiger partial charge >= 0.3 is 0 Å². The fourth-order valence-electron chi connectivity index (χ4n) is 4.55. The number of aryl methyl sites for hydroxylation is 2. The highest BCUT2D eigenvalue weighted by molar-refractivity contribution is 7.89. The normalized spacial score (nSPS) is 21.3. The zero-order chi connectivity index (χ0) is 22.6. The van der Waals surface area contributed by atoms with Gasteiger partial charge in [0.15, 0.2) is 5.76 Å². The summed E-state index contributed by atoms with van der Waals surface area (Å²) in [7, 11) is -1.46. The molecule has 2 aliphatic rings. The van der Waals surface area contributed by atoms with E-state index in [0.29, 0.717) is 43.9 Å². The zero-order valence-corrected chi connectivity index (χ0v) is 20.1. The predicted molar refractivity (Wildman–Crippen MR) is 118 cm³/mol. The molecule has 1 atom stereocenters. The molecule has 0 aromatic carbocycles. The van der Waals surface area contributed by atoms with Crippen molar-refractivity contribution in [3.05, 3.63) is 11.5 Å². The van der Waals surface area contributed by atoms with E-state index in [1.54, 1.807) is 13.8 Å². The summed E-state index contributed by atoms with van der Waals surface area (Å²) in [5.41, 5.74) is 0.393. The third-order valence-electron chi connectivity index (χ3n) is 6.73. The Morgan fingerprint density at radius 1 is 1.16 bits per heavy atom. The van der Waals surface area contributed by atoms with Crippen LogP contribution in [0.3, 0.4) is 0 Å². The van der Waals surface area contributed by atoms with Crippen LogP contribution in [0.25, 0.3) is 0 Å². The van der Waals surface area contributed by atoms with Crippen molar-refractivity contribution in [2.75, 3.05) is 59.4 Å². The topological polar surface area (TPSA) is 99.0 Å². The Labute approximate surface area is 186 Å². The monoisotopic (exact) mass is 455 g/mol. The van der Waals surface area contributed by atoms with Crippen LogP contribution in [0.15, 0.2) is 9.42 Å². The van der Waals surface area contributed by atoms with Gasteiger partial charge in [-0.3, -0.25) is 4.79 Å². The molecular weight excluding hydrogens is 418 g/mol. The minimum atomic E-state index is -3.61. The quantitative estimate of drug-likeness (QED) is 0.586. The lowest BCUT2D eigenvalue weighted by atomic mass is 9.85. The second kappa shape index (κ2) is 10.4. The Kier molecular flexibility index (Phi) is 8.12. The van der Waals surface area contributed by atoms with Gasteiger partial charge < -0.3 is 19.6 Å². The van der Waals surface area contributed by atoms with Gasteiger partial charge in [-0.1, -0.05) is 12.1 Å². The second-order valence-corrected chi connectivity index (χ2v) is 10.8. The molecule has 2 aliphatic heterocycles. The highest BCUT2D eigenvalue weighted by Gasteiger charge is 2.36. The van der Waals surface area contributed by atoms with Gasteiger partial charge in [0.25, 0.3) is 0 Å². The molecule has 0 spiro atoms. The van der Waals surface area contributed by atoms with Crippen LogP contribution in [0.5, 0.6) is 0 Å². The fourth-order valence-corrected chi connectivity index (χ4v) is 6.31. The predicted octanol–water partition coefficient (Wildman–Crippen LogP) is 1.08. The molecule has 1 aromatic heterocycles. The number of piperazine rings is 1. The summed E-state index contributed by atoms with van der Waals surface area (Å²) in [5, 5.41) is 6.85. The molecule has 10 heteroatoms. The summed E-state index contributed by atoms with van der Waals surface area (Å²) < 4.78 is 32.5. The minimum Gasteiger partial charge on any atom is -0.360 e. The van der Waals surface area contributed by atoms with Crippen LogP contribution in [0.4, 0.5) is 0 Å². The number of carbonyl (C=O) groups is 1. The number of rotatable bonds is 8. The Morgan fingerprint density at radius 2 is 1.81 bits per heavy atom. The Bertz CT molecular complexity index is 820. The number of nitrogens with zero attached hydrogens (tertiary/aromatic N) is 4. The van der Waals surface area contributed by atoms with Crippen LogP contribution in [-0.2, 0) is 14.8 Å². The SMILES string of the molecule is Cc1noc(C)c1S(=O)(=O)N1CCC([C@H](C)C(=O)NCCCN2CCN(C)CC2)CC1. The molecule has 0 aliphatic carbocycles. The van der Waals surface area contributed by atoms with Crippen LogP contribution in [0.2, 0.25) is 0 Å². The number of nitrogens with one attached hydrogen (secondary N) is 1. The Hall–Kier alpha value is -1.49. The number of amides is 1. The first kappa shape index (κ1) is 24.2. The molecule has 1 aromatic rings. The summed E-state index contributed by atoms with van der Waals surface area (Å²) in [6.45, 7) is 12.2. The van der Waals surface area contributed by atoms with Gasteiger partial charge in [0.05, 0.1) is 0 Å². The van der Waals surface area contributed by atoms with Crippen molar-refractivity contribution in [3.63, 3.8) is 0 Å². The van der Waals surface area contributed by atoms with Gasteiger partial charge in [-0.25, -0.2) is 8.42 Å². The summed E-state index contributed by atoms with van der Waals surface area (Å²) in [6.07, 6.45) is 2.31. The van der Waals surface area contributed by atoms with Crippen molar-refractivity contribution in [1.29, 1.82) is 0 Å². The maximum atomic E-state index is 13.0. The van der Waals surface area contributed by atoms with E-state index in [9.17, 15) is 13.2 Å². The molecule has 2 fully saturated rings. The molecule has 9 nitrogen and oxygen atoms in total. The molecule has 0 saturated carbocycles. The van der Waals surface area contributed by atoms with E-state index in [-0.39, 0.29) is 22.6 Å². The lowest BCUT2D eigenvalue weighted by molar-refractivity contribution is -0.126. The van der Waals surface area contributed by atoms with E-state index in [1.807, 2.05) is 6.92 Å². The first-order valence-electron chi connectivity index (χ1n) is 11.3. The highest BCUT2D eigenvalue weighted by atomic mass is 32.2. The molecule has 2 saturated heterocycles. The van der Waals surface area contributed by atoms with Gasteiger partial charge in [-0.15, -0.1) is 0 Å². The van der Waals surface area contributed by atoms with Crippen LogP contribution in [0, 0.1) is 25.7 Å². The number of aromatic nitrogens is 1. The number of piperidine rings is 1. The van der Waals surface area contributed by atoms with Gasteiger partial charge in [-0.05, 0) is 52.6 Å². The van der Waals surface area contributed by atoms with E-state index >= 15 is 0 Å². The summed E-state index contributed by atoms with van der Waals surface area (Å²) in [5.74, 6) is 0.468. The number of carbonyl (C=O) groups excluding carboxylic acids is 1. The van der Waals surface area contributed by atoms with E-state index in [4.69, 9.17) is 4.52 Å². The number of likely N-dealkylation sites (N-methyl/N-ethyl adjacent to an activating group) is 1. The number of hydrogen-bond acceptors (Lipinski definition) is 7. The van der Waals surface area contributed by atoms with Crippen molar-refractivity contribution in [3.8, 4) is 0 Å². The third kappa shape index (κ3) is 5.85. The van der Waals surface area contributed by atoms with Crippen LogP contribution < -0.4 is 5.32 Å². The lowest BCUT2D eigenvalue weighted by Crippen LogP contribution is -2.45. The van der Waals surface area contributed by atoms with E-state index in [2.05, 4.69) is 27.3 Å². The number of sulfonamides is 1. The maximum absolute atomic E-state index is 13.0. The number of hydrogen-bond donors (Lipinski definition) is 1. The average Bonchev–Trinajstić information content (AvgIpc) is 3.10. The maximum Gasteiger partial charge on any atom is 0.248 e. The smallest absolute Gasteiger partial charge is 0.248 e. The Morgan fingerprint density at radius 3 is 2.39 bits per heavy atom. The molecule has 0 radical (unpaired) electrons. The van der Waals surface area contributed by atoms with Crippen molar-refractivity contribution in [2.45, 2.75) is 44.9 Å². The van der Waals surface area contributed by atoms with E-state index in [1.165, 1.54) is 4.31 Å². The second-order valence-electron chi connectivity index (χ2n) is 8.97. The first-order chi connectivity index (χ1) is 14.7. The molecule has 1 amide bonds. The van der Waals surface area contributed by atoms with Crippen LogP contribution in [-0.4, -0.2) is 93.0 Å². The largest absolute Gasteiger partial charge is 0.360 e. The summed E-state index contributed by atoms with van der Waals surface area (Å²) in [4.78, 5) is 17.6. The Balaban J connectivity index is 1.41.